The molecular formula is C53H32N4O. The molecule has 0 fully saturated rings. The highest BCUT2D eigenvalue weighted by Crippen LogP contribution is 2.39. The van der Waals surface area contributed by atoms with Crippen molar-refractivity contribution in [2.75, 3.05) is 0 Å². The third kappa shape index (κ3) is 5.21. The van der Waals surface area contributed by atoms with E-state index >= 15 is 0 Å². The van der Waals surface area contributed by atoms with Crippen LogP contribution in [0.2, 0.25) is 0 Å². The van der Waals surface area contributed by atoms with Crippen molar-refractivity contribution < 1.29 is 4.42 Å². The fraction of sp³-hybridized carbons (Fsp3) is 0. The van der Waals surface area contributed by atoms with Gasteiger partial charge in [-0.2, -0.15) is 0 Å². The van der Waals surface area contributed by atoms with E-state index in [2.05, 4.69) is 138 Å². The molecule has 0 saturated carbocycles. The summed E-state index contributed by atoms with van der Waals surface area (Å²) < 4.78 is 8.65. The topological polar surface area (TPSA) is 56.7 Å². The third-order valence-corrected chi connectivity index (χ3v) is 11.4. The highest BCUT2D eigenvalue weighted by molar-refractivity contribution is 6.17. The van der Waals surface area contributed by atoms with Gasteiger partial charge in [-0.05, 0) is 81.2 Å². The Hall–Kier alpha value is -7.89. The van der Waals surface area contributed by atoms with Gasteiger partial charge in [-0.15, -0.1) is 0 Å². The van der Waals surface area contributed by atoms with E-state index in [1.807, 2.05) is 60.7 Å². The number of furan rings is 1. The first-order chi connectivity index (χ1) is 28.7. The van der Waals surface area contributed by atoms with Crippen LogP contribution in [0.1, 0.15) is 0 Å². The molecule has 270 valence electrons. The van der Waals surface area contributed by atoms with Gasteiger partial charge in [0.25, 0.3) is 0 Å². The maximum absolute atomic E-state index is 6.23. The van der Waals surface area contributed by atoms with E-state index in [4.69, 9.17) is 19.4 Å². The molecule has 0 aliphatic carbocycles. The second-order valence-electron chi connectivity index (χ2n) is 14.8. The Morgan fingerprint density at radius 2 is 0.862 bits per heavy atom. The van der Waals surface area contributed by atoms with Crippen LogP contribution in [0.4, 0.5) is 0 Å². The highest BCUT2D eigenvalue weighted by Gasteiger charge is 2.19. The fourth-order valence-electron chi connectivity index (χ4n) is 8.61. The van der Waals surface area contributed by atoms with Crippen molar-refractivity contribution in [3.05, 3.63) is 194 Å². The van der Waals surface area contributed by atoms with E-state index in [1.165, 1.54) is 43.4 Å². The molecule has 0 N–H and O–H groups in total. The number of rotatable bonds is 5. The number of nitrogens with zero attached hydrogens (tertiary/aromatic N) is 4. The molecule has 9 aromatic carbocycles. The van der Waals surface area contributed by atoms with Crippen LogP contribution in [-0.4, -0.2) is 19.5 Å². The van der Waals surface area contributed by atoms with Crippen LogP contribution in [0.3, 0.4) is 0 Å². The molecule has 0 atom stereocenters. The minimum atomic E-state index is 0.601. The molecule has 0 saturated heterocycles. The maximum atomic E-state index is 6.23. The van der Waals surface area contributed by atoms with Crippen molar-refractivity contribution in [3.63, 3.8) is 0 Å². The lowest BCUT2D eigenvalue weighted by atomic mass is 10.0. The minimum absolute atomic E-state index is 0.601. The molecule has 5 heteroatoms. The summed E-state index contributed by atoms with van der Waals surface area (Å²) in [5, 5.41) is 9.45. The Morgan fingerprint density at radius 1 is 0.345 bits per heavy atom. The summed E-state index contributed by atoms with van der Waals surface area (Å²) >= 11 is 0. The average molecular weight is 741 g/mol. The van der Waals surface area contributed by atoms with Crippen molar-refractivity contribution in [1.82, 2.24) is 19.5 Å². The molecule has 0 radical (unpaired) electrons. The quantitative estimate of drug-likeness (QED) is 0.176. The number of para-hydroxylation sites is 1. The van der Waals surface area contributed by atoms with E-state index in [0.717, 1.165) is 55.4 Å². The Balaban J connectivity index is 0.982. The zero-order valence-corrected chi connectivity index (χ0v) is 31.2. The van der Waals surface area contributed by atoms with Crippen LogP contribution in [0.5, 0.6) is 0 Å². The fourth-order valence-corrected chi connectivity index (χ4v) is 8.61. The standard InChI is InChI=1S/C53H32N4O/c1-2-12-34(13-3-1)51-54-52(56-53(55-51)43-21-11-23-49-50(43)42-20-8-9-22-48(42)58-49)35-26-24-33(25-27-35)36-18-10-19-41(28-36)57-46-31-39-16-6-4-14-37(39)29-44(46)45-30-38-15-5-7-17-40(38)32-47(45)57/h1-32H. The first-order valence-corrected chi connectivity index (χ1v) is 19.5. The Morgan fingerprint density at radius 3 is 1.55 bits per heavy atom. The number of benzene rings is 9. The van der Waals surface area contributed by atoms with E-state index < -0.39 is 0 Å². The van der Waals surface area contributed by atoms with Crippen molar-refractivity contribution in [3.8, 4) is 51.0 Å². The van der Waals surface area contributed by atoms with Gasteiger partial charge in [0, 0.05) is 43.9 Å². The molecule has 3 heterocycles. The molecular weight excluding hydrogens is 709 g/mol. The average Bonchev–Trinajstić information content (AvgIpc) is 3.82. The molecule has 12 aromatic rings. The third-order valence-electron chi connectivity index (χ3n) is 11.4. The molecule has 0 unspecified atom stereocenters. The number of aromatic nitrogens is 4. The lowest BCUT2D eigenvalue weighted by Crippen LogP contribution is -2.00. The molecule has 12 rings (SSSR count). The second kappa shape index (κ2) is 12.8. The second-order valence-corrected chi connectivity index (χ2v) is 14.8. The van der Waals surface area contributed by atoms with Crippen molar-refractivity contribution in [2.24, 2.45) is 0 Å². The molecule has 58 heavy (non-hydrogen) atoms. The maximum Gasteiger partial charge on any atom is 0.164 e. The van der Waals surface area contributed by atoms with Crippen LogP contribution < -0.4 is 0 Å². The van der Waals surface area contributed by atoms with Gasteiger partial charge < -0.3 is 8.98 Å². The van der Waals surface area contributed by atoms with Crippen molar-refractivity contribution in [1.29, 1.82) is 0 Å². The van der Waals surface area contributed by atoms with Crippen LogP contribution in [0.15, 0.2) is 199 Å². The zero-order valence-electron chi connectivity index (χ0n) is 31.2. The van der Waals surface area contributed by atoms with Crippen molar-refractivity contribution >= 4 is 65.3 Å². The number of hydrogen-bond donors (Lipinski definition) is 0. The van der Waals surface area contributed by atoms with Crippen LogP contribution in [0, 0.1) is 0 Å². The molecule has 3 aromatic heterocycles. The highest BCUT2D eigenvalue weighted by atomic mass is 16.3. The summed E-state index contributed by atoms with van der Waals surface area (Å²) in [4.78, 5) is 15.2. The van der Waals surface area contributed by atoms with Gasteiger partial charge in [0.05, 0.1) is 11.0 Å². The van der Waals surface area contributed by atoms with Gasteiger partial charge in [-0.25, -0.2) is 15.0 Å². The Kier molecular flexibility index (Phi) is 7.16. The summed E-state index contributed by atoms with van der Waals surface area (Å²) in [6.45, 7) is 0. The van der Waals surface area contributed by atoms with Gasteiger partial charge in [0.15, 0.2) is 17.5 Å². The monoisotopic (exact) mass is 740 g/mol. The Labute approximate surface area is 333 Å². The summed E-state index contributed by atoms with van der Waals surface area (Å²) in [6.07, 6.45) is 0. The molecule has 0 bridgehead atoms. The van der Waals surface area contributed by atoms with Crippen LogP contribution in [-0.2, 0) is 0 Å². The molecule has 0 spiro atoms. The largest absolute Gasteiger partial charge is 0.456 e. The molecule has 0 amide bonds. The normalized spacial score (nSPS) is 11.8. The first-order valence-electron chi connectivity index (χ1n) is 19.5. The van der Waals surface area contributed by atoms with E-state index in [1.54, 1.807) is 0 Å². The van der Waals surface area contributed by atoms with Gasteiger partial charge in [0.2, 0.25) is 0 Å². The molecule has 5 nitrogen and oxygen atoms in total. The number of fused-ring (bicyclic) bond motifs is 8. The van der Waals surface area contributed by atoms with Gasteiger partial charge in [-0.1, -0.05) is 146 Å². The van der Waals surface area contributed by atoms with Crippen LogP contribution >= 0.6 is 0 Å². The SMILES string of the molecule is c1ccc(-c2nc(-c3ccc(-c4cccc(-n5c6cc7ccccc7cc6c6cc7ccccc7cc65)c4)cc3)nc(-c3cccc4oc5ccccc5c34)n2)cc1. The van der Waals surface area contributed by atoms with Gasteiger partial charge >= 0.3 is 0 Å². The smallest absolute Gasteiger partial charge is 0.164 e. The first kappa shape index (κ1) is 32.4. The van der Waals surface area contributed by atoms with E-state index in [0.29, 0.717) is 17.5 Å². The summed E-state index contributed by atoms with van der Waals surface area (Å²) in [5.41, 5.74) is 10.1. The Bertz CT molecular complexity index is 3470. The number of hydrogen-bond acceptors (Lipinski definition) is 4. The summed E-state index contributed by atoms with van der Waals surface area (Å²) in [6, 6.07) is 68.3. The van der Waals surface area contributed by atoms with Crippen molar-refractivity contribution in [2.45, 2.75) is 0 Å². The lowest BCUT2D eigenvalue weighted by molar-refractivity contribution is 0.669. The predicted octanol–water partition coefficient (Wildman–Crippen LogP) is 13.8. The predicted molar refractivity (Wildman–Crippen MR) is 238 cm³/mol. The van der Waals surface area contributed by atoms with Gasteiger partial charge in [-0.3, -0.25) is 0 Å². The van der Waals surface area contributed by atoms with E-state index in [9.17, 15) is 0 Å². The molecule has 0 aliphatic heterocycles. The lowest BCUT2D eigenvalue weighted by Gasteiger charge is -2.12. The van der Waals surface area contributed by atoms with Gasteiger partial charge in [0.1, 0.15) is 11.2 Å². The summed E-state index contributed by atoms with van der Waals surface area (Å²) in [5.74, 6) is 1.83. The molecule has 0 aliphatic rings. The zero-order chi connectivity index (χ0) is 38.2. The summed E-state index contributed by atoms with van der Waals surface area (Å²) in [7, 11) is 0. The van der Waals surface area contributed by atoms with Crippen LogP contribution in [0.25, 0.3) is 116 Å². The minimum Gasteiger partial charge on any atom is -0.456 e. The van der Waals surface area contributed by atoms with E-state index in [-0.39, 0.29) is 0 Å².